The van der Waals surface area contributed by atoms with Gasteiger partial charge in [0.2, 0.25) is 11.8 Å². The Hall–Kier alpha value is -2.89. The molecule has 160 valence electrons. The van der Waals surface area contributed by atoms with E-state index in [1.165, 1.54) is 0 Å². The van der Waals surface area contributed by atoms with Crippen LogP contribution >= 0.6 is 0 Å². The van der Waals surface area contributed by atoms with Crippen LogP contribution in [0.4, 0.5) is 0 Å². The highest BCUT2D eigenvalue weighted by Gasteiger charge is 2.30. The van der Waals surface area contributed by atoms with Gasteiger partial charge in [-0.3, -0.25) is 19.4 Å². The average Bonchev–Trinajstić information content (AvgIpc) is 2.61. The second kappa shape index (κ2) is 12.5. The van der Waals surface area contributed by atoms with E-state index in [0.29, 0.717) is 6.42 Å². The van der Waals surface area contributed by atoms with Gasteiger partial charge in [0.15, 0.2) is 5.96 Å². The number of nitrogens with zero attached hydrogens (tertiary/aromatic N) is 1. The third kappa shape index (κ3) is 9.71. The highest BCUT2D eigenvalue weighted by atomic mass is 16.4. The zero-order chi connectivity index (χ0) is 21.9. The maximum absolute atomic E-state index is 12.4. The summed E-state index contributed by atoms with van der Waals surface area (Å²) < 4.78 is 0. The first-order valence-corrected chi connectivity index (χ1v) is 8.85. The topological polar surface area (TPSA) is 223 Å². The lowest BCUT2D eigenvalue weighted by atomic mass is 9.99. The number of carbonyl (C=O) groups excluding carboxylic acids is 2. The monoisotopic (exact) mass is 402 g/mol. The average molecular weight is 402 g/mol. The molecule has 0 fully saturated rings. The first-order chi connectivity index (χ1) is 13.0. The Balaban J connectivity index is 5.05. The van der Waals surface area contributed by atoms with Gasteiger partial charge in [-0.05, 0) is 18.8 Å². The number of nitrogens with two attached hydrogens (primary N) is 3. The summed E-state index contributed by atoms with van der Waals surface area (Å²) in [6.45, 7) is 3.74. The molecule has 0 aliphatic carbocycles. The summed E-state index contributed by atoms with van der Waals surface area (Å²) in [5.41, 5.74) is 16.1. The van der Waals surface area contributed by atoms with Gasteiger partial charge in [0.05, 0.1) is 12.5 Å². The second-order valence-electron chi connectivity index (χ2n) is 6.42. The first kappa shape index (κ1) is 25.1. The normalized spacial score (nSPS) is 14.8. The molecule has 10 N–H and O–H groups in total. The number of carboxylic acid groups (broad SMARTS) is 2. The minimum absolute atomic E-state index is 0.0119. The molecule has 0 heterocycles. The van der Waals surface area contributed by atoms with E-state index in [0.717, 1.165) is 0 Å². The van der Waals surface area contributed by atoms with Gasteiger partial charge in [-0.25, -0.2) is 4.79 Å². The summed E-state index contributed by atoms with van der Waals surface area (Å²) in [7, 11) is 0. The number of guanidine groups is 1. The van der Waals surface area contributed by atoms with Crippen LogP contribution < -0.4 is 27.8 Å². The van der Waals surface area contributed by atoms with Crippen LogP contribution in [0.25, 0.3) is 0 Å². The van der Waals surface area contributed by atoms with E-state index < -0.39 is 48.3 Å². The van der Waals surface area contributed by atoms with Crippen LogP contribution in [-0.2, 0) is 19.2 Å². The van der Waals surface area contributed by atoms with Crippen molar-refractivity contribution in [1.82, 2.24) is 10.6 Å². The fourth-order valence-corrected chi connectivity index (χ4v) is 2.20. The fourth-order valence-electron chi connectivity index (χ4n) is 2.20. The van der Waals surface area contributed by atoms with Crippen LogP contribution in [-0.4, -0.2) is 64.6 Å². The maximum Gasteiger partial charge on any atom is 0.326 e. The summed E-state index contributed by atoms with van der Waals surface area (Å²) in [6.07, 6.45) is 0.175. The zero-order valence-corrected chi connectivity index (χ0v) is 16.1. The number of rotatable bonds is 13. The smallest absolute Gasteiger partial charge is 0.326 e. The van der Waals surface area contributed by atoms with Crippen LogP contribution in [0, 0.1) is 5.92 Å². The van der Waals surface area contributed by atoms with Gasteiger partial charge < -0.3 is 38.0 Å². The maximum atomic E-state index is 12.4. The molecule has 0 aliphatic rings. The standard InChI is InChI=1S/C16H30N6O6/c1-3-8(2)12(17)14(26)22-10(7-11(23)24)13(25)21-9(15(27)28)5-4-6-20-16(18)19/h8-10,12H,3-7,17H2,1-2H3,(H,21,25)(H,22,26)(H,23,24)(H,27,28)(H4,18,19,20). The van der Waals surface area contributed by atoms with Crippen molar-refractivity contribution in [1.29, 1.82) is 0 Å². The Morgan fingerprint density at radius 2 is 1.61 bits per heavy atom. The molecule has 0 bridgehead atoms. The van der Waals surface area contributed by atoms with Gasteiger partial charge in [0, 0.05) is 6.54 Å². The van der Waals surface area contributed by atoms with Gasteiger partial charge in [-0.2, -0.15) is 0 Å². The van der Waals surface area contributed by atoms with Gasteiger partial charge in [0.1, 0.15) is 12.1 Å². The van der Waals surface area contributed by atoms with Crippen molar-refractivity contribution in [3.05, 3.63) is 0 Å². The Morgan fingerprint density at radius 3 is 2.07 bits per heavy atom. The SMILES string of the molecule is CCC(C)C(N)C(=O)NC(CC(=O)O)C(=O)NC(CCCN=C(N)N)C(=O)O. The molecule has 0 saturated heterocycles. The van der Waals surface area contributed by atoms with Crippen molar-refractivity contribution in [2.24, 2.45) is 28.1 Å². The molecule has 0 radical (unpaired) electrons. The number of hydrogen-bond acceptors (Lipinski definition) is 6. The molecular formula is C16H30N6O6. The molecule has 4 atom stereocenters. The van der Waals surface area contributed by atoms with E-state index in [-0.39, 0.29) is 31.3 Å². The van der Waals surface area contributed by atoms with Crippen LogP contribution in [0.1, 0.15) is 39.5 Å². The van der Waals surface area contributed by atoms with Crippen LogP contribution in [0.15, 0.2) is 4.99 Å². The Bertz CT molecular complexity index is 592. The Kier molecular flexibility index (Phi) is 11.2. The number of carbonyl (C=O) groups is 4. The molecular weight excluding hydrogens is 372 g/mol. The number of nitrogens with one attached hydrogen (secondary N) is 2. The highest BCUT2D eigenvalue weighted by Crippen LogP contribution is 2.07. The summed E-state index contributed by atoms with van der Waals surface area (Å²) in [5.74, 6) is -4.59. The van der Waals surface area contributed by atoms with Gasteiger partial charge >= 0.3 is 11.9 Å². The molecule has 0 aliphatic heterocycles. The molecule has 0 saturated carbocycles. The van der Waals surface area contributed by atoms with Crippen LogP contribution in [0.2, 0.25) is 0 Å². The molecule has 0 aromatic carbocycles. The molecule has 12 heteroatoms. The molecule has 0 spiro atoms. The molecule has 0 aromatic heterocycles. The predicted octanol–water partition coefficient (Wildman–Crippen LogP) is -2.06. The Morgan fingerprint density at radius 1 is 1.04 bits per heavy atom. The minimum atomic E-state index is -1.46. The van der Waals surface area contributed by atoms with Crippen molar-refractivity contribution in [3.63, 3.8) is 0 Å². The lowest BCUT2D eigenvalue weighted by molar-refractivity contribution is -0.143. The van der Waals surface area contributed by atoms with E-state index in [2.05, 4.69) is 15.6 Å². The van der Waals surface area contributed by atoms with Gasteiger partial charge in [-0.15, -0.1) is 0 Å². The van der Waals surface area contributed by atoms with E-state index in [9.17, 15) is 24.3 Å². The molecule has 28 heavy (non-hydrogen) atoms. The van der Waals surface area contributed by atoms with Crippen molar-refractivity contribution in [2.75, 3.05) is 6.54 Å². The number of aliphatic imine (C=N–C) groups is 1. The number of carboxylic acids is 2. The lowest BCUT2D eigenvalue weighted by Crippen LogP contribution is -2.56. The largest absolute Gasteiger partial charge is 0.481 e. The Labute approximate surface area is 162 Å². The van der Waals surface area contributed by atoms with E-state index in [4.69, 9.17) is 22.3 Å². The van der Waals surface area contributed by atoms with Crippen LogP contribution in [0.5, 0.6) is 0 Å². The molecule has 4 unspecified atom stereocenters. The summed E-state index contributed by atoms with van der Waals surface area (Å²) in [5, 5.41) is 22.8. The second-order valence-corrected chi connectivity index (χ2v) is 6.42. The van der Waals surface area contributed by atoms with Crippen molar-refractivity contribution < 1.29 is 29.4 Å². The van der Waals surface area contributed by atoms with Crippen molar-refractivity contribution >= 4 is 29.7 Å². The molecule has 12 nitrogen and oxygen atoms in total. The quantitative estimate of drug-likeness (QED) is 0.102. The zero-order valence-electron chi connectivity index (χ0n) is 16.1. The molecule has 0 rings (SSSR count). The lowest BCUT2D eigenvalue weighted by Gasteiger charge is -2.23. The number of amides is 2. The van der Waals surface area contributed by atoms with E-state index in [1.807, 2.05) is 6.92 Å². The van der Waals surface area contributed by atoms with Crippen molar-refractivity contribution in [3.8, 4) is 0 Å². The first-order valence-electron chi connectivity index (χ1n) is 8.85. The summed E-state index contributed by atoms with van der Waals surface area (Å²) in [6, 6.07) is -3.68. The van der Waals surface area contributed by atoms with Crippen molar-refractivity contribution in [2.45, 2.75) is 57.7 Å². The molecule has 2 amide bonds. The summed E-state index contributed by atoms with van der Waals surface area (Å²) in [4.78, 5) is 50.6. The minimum Gasteiger partial charge on any atom is -0.481 e. The van der Waals surface area contributed by atoms with E-state index >= 15 is 0 Å². The third-order valence-corrected chi connectivity index (χ3v) is 4.13. The van der Waals surface area contributed by atoms with Gasteiger partial charge in [0.25, 0.3) is 0 Å². The molecule has 0 aromatic rings. The highest BCUT2D eigenvalue weighted by molar-refractivity contribution is 5.94. The summed E-state index contributed by atoms with van der Waals surface area (Å²) >= 11 is 0. The fraction of sp³-hybridized carbons (Fsp3) is 0.688. The van der Waals surface area contributed by atoms with Crippen LogP contribution in [0.3, 0.4) is 0 Å². The number of hydrogen-bond donors (Lipinski definition) is 7. The predicted molar refractivity (Wildman–Crippen MR) is 101 cm³/mol. The third-order valence-electron chi connectivity index (χ3n) is 4.13. The van der Waals surface area contributed by atoms with E-state index in [1.54, 1.807) is 6.92 Å². The van der Waals surface area contributed by atoms with Gasteiger partial charge in [-0.1, -0.05) is 20.3 Å². The number of aliphatic carboxylic acids is 2.